The fourth-order valence-corrected chi connectivity index (χ4v) is 1.01. The van der Waals surface area contributed by atoms with Crippen molar-refractivity contribution < 1.29 is 79.8 Å². The molecule has 0 aliphatic carbocycles. The largest absolute Gasteiger partial charge is 0.542 e. The van der Waals surface area contributed by atoms with E-state index in [1.165, 1.54) is 13.2 Å². The van der Waals surface area contributed by atoms with Crippen LogP contribution in [0.3, 0.4) is 0 Å². The molecule has 0 aliphatic rings. The van der Waals surface area contributed by atoms with Crippen LogP contribution in [-0.4, -0.2) is 18.9 Å². The predicted octanol–water partition coefficient (Wildman–Crippen LogP) is 7.45. The van der Waals surface area contributed by atoms with Crippen molar-refractivity contribution in [3.05, 3.63) is 79.2 Å². The molecule has 0 atom stereocenters. The van der Waals surface area contributed by atoms with Crippen molar-refractivity contribution in [2.45, 2.75) is 64.3 Å². The van der Waals surface area contributed by atoms with Gasteiger partial charge in [0.2, 0.25) is 0 Å². The normalized spacial score (nSPS) is 5.37. The summed E-state index contributed by atoms with van der Waals surface area (Å²) in [5.74, 6) is 0. The van der Waals surface area contributed by atoms with E-state index in [9.17, 15) is 9.59 Å². The zero-order chi connectivity index (χ0) is 18.3. The van der Waals surface area contributed by atoms with Gasteiger partial charge in [-0.1, -0.05) is 69.5 Å². The molecule has 2 aromatic carbocycles. The molecule has 0 unspecified atom stereocenters. The first-order valence-electron chi connectivity index (χ1n) is 7.43. The van der Waals surface area contributed by atoms with Gasteiger partial charge in [-0.2, -0.15) is 42.3 Å². The molecule has 0 fully saturated rings. The van der Waals surface area contributed by atoms with E-state index >= 15 is 0 Å². The molecule has 0 heterocycles. The van der Waals surface area contributed by atoms with Gasteiger partial charge >= 0.3 is 0 Å². The number of hydrogen-bond donors (Lipinski definition) is 0. The Morgan fingerprint density at radius 2 is 0.700 bits per heavy atom. The van der Waals surface area contributed by atoms with Crippen LogP contribution in [0.15, 0.2) is 60.7 Å². The average Bonchev–Trinajstić information content (AvgIpc) is 2.67. The van der Waals surface area contributed by atoms with Gasteiger partial charge in [0.1, 0.15) is 0 Å². The predicted molar refractivity (Wildman–Crippen MR) is 130 cm³/mol. The van der Waals surface area contributed by atoms with Crippen LogP contribution in [0.5, 0.6) is 0 Å². The zero-order valence-corrected chi connectivity index (χ0v) is 22.3. The quantitative estimate of drug-likeness (QED) is 0.353. The maximum Gasteiger partial charge on any atom is 0.0627 e. The van der Waals surface area contributed by atoms with Crippen molar-refractivity contribution in [1.82, 2.24) is 0 Å². The molecular weight excluding hydrogens is 526 g/mol. The molecule has 3 nitrogen and oxygen atoms in total. The molecule has 0 aliphatic heterocycles. The van der Waals surface area contributed by atoms with Crippen LogP contribution in [0.4, 0.5) is 0 Å². The van der Waals surface area contributed by atoms with E-state index in [1.807, 2.05) is 39.8 Å². The van der Waals surface area contributed by atoms with Crippen molar-refractivity contribution in [3.8, 4) is 0 Å². The number of benzene rings is 2. The molecule has 0 saturated heterocycles. The van der Waals surface area contributed by atoms with Gasteiger partial charge in [-0.05, 0) is 0 Å². The summed E-state index contributed by atoms with van der Waals surface area (Å²) in [5.41, 5.74) is 1.21. The Hall–Kier alpha value is -0.342. The maximum atomic E-state index is 9.88. The standard InChI is InChI=1S/2C7H5O.C2H3O.2C2H6.4CH4.CH3.2Y/c2*8-6-7-4-2-1-3-5-7;1-2-3;2*1-2;;;;;;;/h2*1-5H;1H3;2*1-2H3;4*1H4;1H3;;/q3*-1;;;;;;;-1;;. The van der Waals surface area contributed by atoms with Crippen molar-refractivity contribution in [3.63, 3.8) is 0 Å². The number of rotatable bonds is 2. The SMILES string of the molecule is C.C.C.C.CC.CC.C[C-]=O.O=[C-]c1ccccc1.O=[C-]c1ccccc1.[CH3-].[Y].[Y]. The summed E-state index contributed by atoms with van der Waals surface area (Å²) in [6.07, 6.45) is 5.05. The maximum absolute atomic E-state index is 9.88. The number of carbonyl (C=O) groups excluding carboxylic acids is 3. The van der Waals surface area contributed by atoms with E-state index < -0.39 is 0 Å². The van der Waals surface area contributed by atoms with Crippen molar-refractivity contribution >= 4 is 18.9 Å². The van der Waals surface area contributed by atoms with Gasteiger partial charge in [0.05, 0.1) is 12.6 Å². The Balaban J connectivity index is -0.0000000218. The van der Waals surface area contributed by atoms with E-state index in [0.717, 1.165) is 0 Å². The van der Waals surface area contributed by atoms with Crippen molar-refractivity contribution in [1.29, 1.82) is 0 Å². The van der Waals surface area contributed by atoms with Crippen LogP contribution in [0, 0.1) is 7.43 Å². The first-order valence-corrected chi connectivity index (χ1v) is 7.43. The molecule has 30 heavy (non-hydrogen) atoms. The van der Waals surface area contributed by atoms with Gasteiger partial charge in [-0.3, -0.25) is 6.29 Å². The summed E-state index contributed by atoms with van der Waals surface area (Å²) < 4.78 is 0. The molecule has 0 N–H and O–H groups in total. The summed E-state index contributed by atoms with van der Waals surface area (Å²) in [4.78, 5) is 28.4. The Bertz CT molecular complexity index is 433. The molecule has 0 spiro atoms. The number of hydrogen-bond acceptors (Lipinski definition) is 3. The molecule has 5 heteroatoms. The van der Waals surface area contributed by atoms with Gasteiger partial charge in [0, 0.05) is 65.4 Å². The van der Waals surface area contributed by atoms with Crippen molar-refractivity contribution in [2.24, 2.45) is 0 Å². The second-order valence-electron chi connectivity index (χ2n) is 3.14. The molecule has 0 aromatic heterocycles. The topological polar surface area (TPSA) is 51.2 Å². The molecule has 0 saturated carbocycles. The first kappa shape index (κ1) is 63.0. The van der Waals surface area contributed by atoms with Gasteiger partial charge in [0.25, 0.3) is 0 Å². The first-order chi connectivity index (χ1) is 11.3. The van der Waals surface area contributed by atoms with Gasteiger partial charge in [0.15, 0.2) is 0 Å². The summed E-state index contributed by atoms with van der Waals surface area (Å²) in [7, 11) is 0. The molecular formula is C25H44O3Y2-4. The van der Waals surface area contributed by atoms with Crippen LogP contribution >= 0.6 is 0 Å². The summed E-state index contributed by atoms with van der Waals surface area (Å²) >= 11 is 0. The summed E-state index contributed by atoms with van der Waals surface area (Å²) in [6.45, 7) is 9.32. The van der Waals surface area contributed by atoms with Crippen molar-refractivity contribution in [2.75, 3.05) is 0 Å². The monoisotopic (exact) mass is 570 g/mol. The van der Waals surface area contributed by atoms with Crippen LogP contribution in [0.1, 0.15) is 75.5 Å². The molecule has 2 aromatic rings. The minimum absolute atomic E-state index is 0. The van der Waals surface area contributed by atoms with E-state index in [-0.39, 0.29) is 103 Å². The third-order valence-corrected chi connectivity index (χ3v) is 1.78. The smallest absolute Gasteiger partial charge is 0.0627 e. The summed E-state index contributed by atoms with van der Waals surface area (Å²) in [6, 6.07) is 17.8. The average molecular weight is 570 g/mol. The third kappa shape index (κ3) is 50.9. The molecule has 2 rings (SSSR count). The van der Waals surface area contributed by atoms with Gasteiger partial charge in [-0.25, -0.2) is 0 Å². The molecule has 0 amide bonds. The van der Waals surface area contributed by atoms with Gasteiger partial charge < -0.3 is 21.8 Å². The fourth-order valence-electron chi connectivity index (χ4n) is 1.01. The van der Waals surface area contributed by atoms with Crippen LogP contribution in [0.2, 0.25) is 0 Å². The Morgan fingerprint density at radius 1 is 0.533 bits per heavy atom. The van der Waals surface area contributed by atoms with Crippen LogP contribution < -0.4 is 0 Å². The van der Waals surface area contributed by atoms with Crippen LogP contribution in [0.25, 0.3) is 0 Å². The minimum Gasteiger partial charge on any atom is -0.542 e. The Morgan fingerprint density at radius 3 is 0.800 bits per heavy atom. The second-order valence-corrected chi connectivity index (χ2v) is 3.14. The third-order valence-electron chi connectivity index (χ3n) is 1.78. The Kier molecular flexibility index (Phi) is 132. The minimum atomic E-state index is 0. The van der Waals surface area contributed by atoms with E-state index in [1.54, 1.807) is 61.1 Å². The zero-order valence-electron chi connectivity index (χ0n) is 16.7. The van der Waals surface area contributed by atoms with E-state index in [2.05, 4.69) is 0 Å². The van der Waals surface area contributed by atoms with Crippen LogP contribution in [-0.2, 0) is 79.8 Å². The molecule has 172 valence electrons. The fraction of sp³-hybridized carbons (Fsp3) is 0.360. The summed E-state index contributed by atoms with van der Waals surface area (Å²) in [5, 5.41) is 0. The second kappa shape index (κ2) is 63.0. The molecule has 0 bridgehead atoms. The Labute approximate surface area is 240 Å². The van der Waals surface area contributed by atoms with E-state index in [4.69, 9.17) is 4.79 Å². The van der Waals surface area contributed by atoms with E-state index in [0.29, 0.717) is 11.1 Å². The molecule has 2 radical (unpaired) electrons. The van der Waals surface area contributed by atoms with Gasteiger partial charge in [-0.15, -0.1) is 24.3 Å².